The quantitative estimate of drug-likeness (QED) is 0.558. The molecule has 0 nitrogen and oxygen atoms in total. The zero-order chi connectivity index (χ0) is 10.3. The first-order chi connectivity index (χ1) is 6.11. The molecule has 0 amide bonds. The van der Waals surface area contributed by atoms with Crippen LogP contribution in [0.25, 0.3) is 0 Å². The van der Waals surface area contributed by atoms with Crippen LogP contribution in [0.4, 0.5) is 0 Å². The van der Waals surface area contributed by atoms with Gasteiger partial charge in [-0.25, -0.2) is 0 Å². The number of hydrogen-bond acceptors (Lipinski definition) is 0. The molecule has 0 aliphatic heterocycles. The zero-order valence-corrected chi connectivity index (χ0v) is 9.39. The minimum absolute atomic E-state index is 1.28. The van der Waals surface area contributed by atoms with Crippen molar-refractivity contribution in [3.8, 4) is 0 Å². The maximum absolute atomic E-state index is 2.16. The molecule has 13 heavy (non-hydrogen) atoms. The maximum Gasteiger partial charge on any atom is -0.0234 e. The topological polar surface area (TPSA) is 0 Å². The average Bonchev–Trinajstić information content (AvgIpc) is 2.10. The molecule has 0 fully saturated rings. The minimum Gasteiger partial charge on any atom is -0.0871 e. The lowest BCUT2D eigenvalue weighted by molar-refractivity contribution is 1.36. The molecule has 0 aliphatic rings. The van der Waals surface area contributed by atoms with E-state index < -0.39 is 0 Å². The van der Waals surface area contributed by atoms with Crippen molar-refractivity contribution in [2.45, 2.75) is 34.6 Å². The van der Waals surface area contributed by atoms with Crippen molar-refractivity contribution < 1.29 is 0 Å². The molecule has 0 bridgehead atoms. The van der Waals surface area contributed by atoms with Crippen LogP contribution in [-0.2, 0) is 0 Å². The third-order valence-electron chi connectivity index (χ3n) is 1.83. The highest BCUT2D eigenvalue weighted by Gasteiger charge is 1.91. The SMILES string of the molecule is CC=CC(=CC=C(C)C)C(C)=CC. The second kappa shape index (κ2) is 6.47. The molecule has 0 aliphatic carbocycles. The third kappa shape index (κ3) is 5.24. The molecule has 0 aromatic rings. The van der Waals surface area contributed by atoms with Gasteiger partial charge in [0, 0.05) is 0 Å². The van der Waals surface area contributed by atoms with Crippen LogP contribution < -0.4 is 0 Å². The molecule has 0 N–H and O–H groups in total. The Hall–Kier alpha value is -1.04. The molecule has 0 heteroatoms. The molecular formula is C13H20. The van der Waals surface area contributed by atoms with Crippen LogP contribution in [0, 0.1) is 0 Å². The summed E-state index contributed by atoms with van der Waals surface area (Å²) in [5.41, 5.74) is 3.92. The Labute approximate surface area is 82.4 Å². The summed E-state index contributed by atoms with van der Waals surface area (Å²) in [6.45, 7) is 10.4. The fourth-order valence-corrected chi connectivity index (χ4v) is 0.921. The van der Waals surface area contributed by atoms with Crippen LogP contribution >= 0.6 is 0 Å². The normalized spacial score (nSPS) is 13.6. The summed E-state index contributed by atoms with van der Waals surface area (Å²) in [4.78, 5) is 0. The first kappa shape index (κ1) is 12.0. The van der Waals surface area contributed by atoms with Gasteiger partial charge in [0.1, 0.15) is 0 Å². The molecule has 0 atom stereocenters. The second-order valence-corrected chi connectivity index (χ2v) is 3.34. The summed E-state index contributed by atoms with van der Waals surface area (Å²) in [6, 6.07) is 0. The van der Waals surface area contributed by atoms with Crippen molar-refractivity contribution in [1.29, 1.82) is 0 Å². The molecule has 0 saturated carbocycles. The smallest absolute Gasteiger partial charge is 0.0234 e. The molecular weight excluding hydrogens is 156 g/mol. The molecule has 0 rings (SSSR count). The van der Waals surface area contributed by atoms with E-state index in [1.165, 1.54) is 16.7 Å². The van der Waals surface area contributed by atoms with E-state index in [2.05, 4.69) is 58.1 Å². The fraction of sp³-hybridized carbons (Fsp3) is 0.385. The Kier molecular flexibility index (Phi) is 5.96. The van der Waals surface area contributed by atoms with Gasteiger partial charge in [-0.15, -0.1) is 0 Å². The monoisotopic (exact) mass is 176 g/mol. The molecule has 72 valence electrons. The van der Waals surface area contributed by atoms with Crippen LogP contribution in [0.3, 0.4) is 0 Å². The third-order valence-corrected chi connectivity index (χ3v) is 1.83. The van der Waals surface area contributed by atoms with Gasteiger partial charge >= 0.3 is 0 Å². The Bertz CT molecular complexity index is 256. The van der Waals surface area contributed by atoms with Gasteiger partial charge in [0.05, 0.1) is 0 Å². The van der Waals surface area contributed by atoms with E-state index in [4.69, 9.17) is 0 Å². The molecule has 0 heterocycles. The lowest BCUT2D eigenvalue weighted by Crippen LogP contribution is -1.79. The first-order valence-electron chi connectivity index (χ1n) is 4.73. The van der Waals surface area contributed by atoms with Crippen molar-refractivity contribution in [2.75, 3.05) is 0 Å². The summed E-state index contributed by atoms with van der Waals surface area (Å²) < 4.78 is 0. The second-order valence-electron chi connectivity index (χ2n) is 3.34. The summed E-state index contributed by atoms with van der Waals surface area (Å²) in [6.07, 6.45) is 10.6. The van der Waals surface area contributed by atoms with Gasteiger partial charge in [0.2, 0.25) is 0 Å². The van der Waals surface area contributed by atoms with Crippen LogP contribution in [0.15, 0.2) is 47.1 Å². The Morgan fingerprint density at radius 2 is 1.54 bits per heavy atom. The van der Waals surface area contributed by atoms with E-state index >= 15 is 0 Å². The summed E-state index contributed by atoms with van der Waals surface area (Å²) >= 11 is 0. The van der Waals surface area contributed by atoms with E-state index in [1.54, 1.807) is 0 Å². The van der Waals surface area contributed by atoms with E-state index in [0.29, 0.717) is 0 Å². The summed E-state index contributed by atoms with van der Waals surface area (Å²) in [5.74, 6) is 0. The van der Waals surface area contributed by atoms with Crippen molar-refractivity contribution in [2.24, 2.45) is 0 Å². The van der Waals surface area contributed by atoms with E-state index in [1.807, 2.05) is 6.92 Å². The van der Waals surface area contributed by atoms with E-state index in [9.17, 15) is 0 Å². The van der Waals surface area contributed by atoms with E-state index in [-0.39, 0.29) is 0 Å². The summed E-state index contributed by atoms with van der Waals surface area (Å²) in [5, 5.41) is 0. The van der Waals surface area contributed by atoms with Gasteiger partial charge < -0.3 is 0 Å². The highest BCUT2D eigenvalue weighted by atomic mass is 14.0. The van der Waals surface area contributed by atoms with Gasteiger partial charge in [-0.05, 0) is 45.8 Å². The van der Waals surface area contributed by atoms with Gasteiger partial charge in [-0.1, -0.05) is 36.0 Å². The van der Waals surface area contributed by atoms with Crippen LogP contribution in [-0.4, -0.2) is 0 Å². The Balaban J connectivity index is 4.81. The highest BCUT2D eigenvalue weighted by Crippen LogP contribution is 2.11. The molecule has 0 aromatic carbocycles. The maximum atomic E-state index is 2.16. The van der Waals surface area contributed by atoms with Crippen LogP contribution in [0.2, 0.25) is 0 Å². The number of allylic oxidation sites excluding steroid dienone is 8. The van der Waals surface area contributed by atoms with Gasteiger partial charge in [0.25, 0.3) is 0 Å². The van der Waals surface area contributed by atoms with Gasteiger partial charge in [-0.2, -0.15) is 0 Å². The predicted octanol–water partition coefficient (Wildman–Crippen LogP) is 4.42. The first-order valence-corrected chi connectivity index (χ1v) is 4.73. The van der Waals surface area contributed by atoms with Crippen LogP contribution in [0.5, 0.6) is 0 Å². The lowest BCUT2D eigenvalue weighted by atomic mass is 10.1. The molecule has 0 unspecified atom stereocenters. The molecule has 0 aromatic heterocycles. The minimum atomic E-state index is 1.28. The van der Waals surface area contributed by atoms with Crippen molar-refractivity contribution in [3.63, 3.8) is 0 Å². The number of hydrogen-bond donors (Lipinski definition) is 0. The van der Waals surface area contributed by atoms with Crippen LogP contribution in [0.1, 0.15) is 34.6 Å². The summed E-state index contributed by atoms with van der Waals surface area (Å²) in [7, 11) is 0. The van der Waals surface area contributed by atoms with Crippen molar-refractivity contribution in [1.82, 2.24) is 0 Å². The zero-order valence-electron chi connectivity index (χ0n) is 9.39. The molecule has 0 radical (unpaired) electrons. The predicted molar refractivity (Wildman–Crippen MR) is 61.8 cm³/mol. The van der Waals surface area contributed by atoms with Gasteiger partial charge in [-0.3, -0.25) is 0 Å². The van der Waals surface area contributed by atoms with Crippen molar-refractivity contribution >= 4 is 0 Å². The Morgan fingerprint density at radius 1 is 0.923 bits per heavy atom. The highest BCUT2D eigenvalue weighted by molar-refractivity contribution is 5.40. The van der Waals surface area contributed by atoms with E-state index in [0.717, 1.165) is 0 Å². The average molecular weight is 176 g/mol. The molecule has 0 spiro atoms. The number of rotatable bonds is 3. The van der Waals surface area contributed by atoms with Crippen molar-refractivity contribution in [3.05, 3.63) is 47.1 Å². The van der Waals surface area contributed by atoms with Gasteiger partial charge in [0.15, 0.2) is 0 Å². The standard InChI is InChI=1S/C13H20/c1-6-8-13(12(5)7-2)10-9-11(3)4/h6-10H,1-5H3. The Morgan fingerprint density at radius 3 is 1.92 bits per heavy atom. The molecule has 0 saturated heterocycles. The largest absolute Gasteiger partial charge is 0.0871 e. The lowest BCUT2D eigenvalue weighted by Gasteiger charge is -1.99. The fourth-order valence-electron chi connectivity index (χ4n) is 0.921.